The lowest BCUT2D eigenvalue weighted by molar-refractivity contribution is -0.122. The minimum absolute atomic E-state index is 0.0558. The molecule has 10 heteroatoms. The van der Waals surface area contributed by atoms with E-state index in [0.29, 0.717) is 36.0 Å². The van der Waals surface area contributed by atoms with Gasteiger partial charge in [0.25, 0.3) is 5.91 Å². The summed E-state index contributed by atoms with van der Waals surface area (Å²) < 4.78 is 17.4. The van der Waals surface area contributed by atoms with Crippen LogP contribution < -0.4 is 24.8 Å². The Morgan fingerprint density at radius 2 is 1.91 bits per heavy atom. The summed E-state index contributed by atoms with van der Waals surface area (Å²) in [6, 6.07) is 12.5. The Hall–Kier alpha value is -4.08. The van der Waals surface area contributed by atoms with Crippen molar-refractivity contribution in [3.8, 4) is 17.2 Å². The van der Waals surface area contributed by atoms with Gasteiger partial charge in [0.05, 0.1) is 12.3 Å². The van der Waals surface area contributed by atoms with E-state index in [0.717, 1.165) is 11.3 Å². The number of aromatic nitrogens is 3. The van der Waals surface area contributed by atoms with Crippen molar-refractivity contribution in [1.82, 2.24) is 20.3 Å². The first kappa shape index (κ1) is 21.2. The van der Waals surface area contributed by atoms with Crippen LogP contribution in [0.15, 0.2) is 42.5 Å². The van der Waals surface area contributed by atoms with Crippen LogP contribution in [-0.2, 0) is 17.9 Å². The molecule has 0 radical (unpaired) electrons. The molecule has 32 heavy (non-hydrogen) atoms. The van der Waals surface area contributed by atoms with Gasteiger partial charge in [0.15, 0.2) is 17.2 Å². The maximum atomic E-state index is 12.6. The first-order chi connectivity index (χ1) is 15.5. The van der Waals surface area contributed by atoms with Gasteiger partial charge in [-0.05, 0) is 55.8 Å². The topological polar surface area (TPSA) is 117 Å². The van der Waals surface area contributed by atoms with E-state index < -0.39 is 5.91 Å². The fourth-order valence-electron chi connectivity index (χ4n) is 3.16. The van der Waals surface area contributed by atoms with Crippen molar-refractivity contribution in [3.05, 3.63) is 59.4 Å². The van der Waals surface area contributed by atoms with E-state index in [-0.39, 0.29) is 24.9 Å². The monoisotopic (exact) mass is 437 g/mol. The summed E-state index contributed by atoms with van der Waals surface area (Å²) in [5.41, 5.74) is 2.14. The predicted octanol–water partition coefficient (Wildman–Crippen LogP) is 2.28. The van der Waals surface area contributed by atoms with Gasteiger partial charge in [-0.15, -0.1) is 5.10 Å². The first-order valence-corrected chi connectivity index (χ1v) is 10.1. The summed E-state index contributed by atoms with van der Waals surface area (Å²) >= 11 is 0. The Morgan fingerprint density at radius 3 is 2.69 bits per heavy atom. The molecule has 0 unspecified atom stereocenters. The van der Waals surface area contributed by atoms with Crippen LogP contribution >= 0.6 is 0 Å². The highest BCUT2D eigenvalue weighted by Gasteiger charge is 2.18. The zero-order chi connectivity index (χ0) is 22.5. The molecule has 1 aliphatic rings. The van der Waals surface area contributed by atoms with Crippen LogP contribution in [0.25, 0.3) is 0 Å². The molecule has 0 aliphatic carbocycles. The van der Waals surface area contributed by atoms with Gasteiger partial charge >= 0.3 is 0 Å². The SMILES string of the molecule is CCOc1ccc(NC(=O)c2nnn(CC(=O)NCc3ccc4c(c3)OCO4)c2C)cc1. The lowest BCUT2D eigenvalue weighted by atomic mass is 10.2. The molecular weight excluding hydrogens is 414 g/mol. The molecule has 0 fully saturated rings. The number of anilines is 1. The van der Waals surface area contributed by atoms with E-state index in [1.54, 1.807) is 37.3 Å². The summed E-state index contributed by atoms with van der Waals surface area (Å²) in [4.78, 5) is 24.9. The van der Waals surface area contributed by atoms with Crippen molar-refractivity contribution in [3.63, 3.8) is 0 Å². The largest absolute Gasteiger partial charge is 0.494 e. The third-order valence-corrected chi connectivity index (χ3v) is 4.84. The number of nitrogens with one attached hydrogen (secondary N) is 2. The Bertz CT molecular complexity index is 1130. The number of hydrogen-bond acceptors (Lipinski definition) is 7. The number of amides is 2. The van der Waals surface area contributed by atoms with E-state index >= 15 is 0 Å². The van der Waals surface area contributed by atoms with Crippen molar-refractivity contribution < 1.29 is 23.8 Å². The fraction of sp³-hybridized carbons (Fsp3) is 0.273. The highest BCUT2D eigenvalue weighted by Crippen LogP contribution is 2.32. The van der Waals surface area contributed by atoms with E-state index in [2.05, 4.69) is 20.9 Å². The first-order valence-electron chi connectivity index (χ1n) is 10.1. The van der Waals surface area contributed by atoms with E-state index in [4.69, 9.17) is 14.2 Å². The number of nitrogens with zero attached hydrogens (tertiary/aromatic N) is 3. The summed E-state index contributed by atoms with van der Waals surface area (Å²) in [5, 5.41) is 13.5. The van der Waals surface area contributed by atoms with Crippen molar-refractivity contribution in [2.24, 2.45) is 0 Å². The van der Waals surface area contributed by atoms with Crippen molar-refractivity contribution >= 4 is 17.5 Å². The predicted molar refractivity (Wildman–Crippen MR) is 115 cm³/mol. The molecule has 0 saturated heterocycles. The average molecular weight is 437 g/mol. The number of benzene rings is 2. The molecule has 1 aliphatic heterocycles. The van der Waals surface area contributed by atoms with Gasteiger partial charge in [-0.25, -0.2) is 4.68 Å². The van der Waals surface area contributed by atoms with Gasteiger partial charge in [0.2, 0.25) is 12.7 Å². The molecular formula is C22H23N5O5. The Kier molecular flexibility index (Phi) is 6.20. The van der Waals surface area contributed by atoms with Crippen LogP contribution in [-0.4, -0.2) is 40.2 Å². The lowest BCUT2D eigenvalue weighted by Gasteiger charge is -2.08. The quantitative estimate of drug-likeness (QED) is 0.555. The molecule has 0 spiro atoms. The minimum atomic E-state index is -0.404. The van der Waals surface area contributed by atoms with E-state index in [1.165, 1.54) is 4.68 Å². The fourth-order valence-corrected chi connectivity index (χ4v) is 3.16. The molecule has 2 amide bonds. The van der Waals surface area contributed by atoms with E-state index in [9.17, 15) is 9.59 Å². The Balaban J connectivity index is 1.32. The van der Waals surface area contributed by atoms with Crippen LogP contribution in [0.2, 0.25) is 0 Å². The summed E-state index contributed by atoms with van der Waals surface area (Å²) in [6.07, 6.45) is 0. The second-order valence-electron chi connectivity index (χ2n) is 7.06. The number of carbonyl (C=O) groups excluding carboxylic acids is 2. The second-order valence-corrected chi connectivity index (χ2v) is 7.06. The van der Waals surface area contributed by atoms with Crippen LogP contribution in [0.4, 0.5) is 5.69 Å². The van der Waals surface area contributed by atoms with Crippen molar-refractivity contribution in [2.45, 2.75) is 26.9 Å². The molecule has 0 bridgehead atoms. The molecule has 10 nitrogen and oxygen atoms in total. The summed E-state index contributed by atoms with van der Waals surface area (Å²) in [6.45, 7) is 4.63. The average Bonchev–Trinajstić information content (AvgIpc) is 3.40. The van der Waals surface area contributed by atoms with Crippen molar-refractivity contribution in [2.75, 3.05) is 18.7 Å². The highest BCUT2D eigenvalue weighted by molar-refractivity contribution is 6.03. The standard InChI is InChI=1S/C22H23N5O5/c1-3-30-17-7-5-16(6-8-17)24-22(29)21-14(2)27(26-25-21)12-20(28)23-11-15-4-9-18-19(10-15)32-13-31-18/h4-10H,3,11-13H2,1-2H3,(H,23,28)(H,24,29). The van der Waals surface area contributed by atoms with Gasteiger partial charge < -0.3 is 24.8 Å². The third-order valence-electron chi connectivity index (χ3n) is 4.84. The number of hydrogen-bond donors (Lipinski definition) is 2. The number of fused-ring (bicyclic) bond motifs is 1. The van der Waals surface area contributed by atoms with Gasteiger partial charge in [-0.2, -0.15) is 0 Å². The smallest absolute Gasteiger partial charge is 0.278 e. The van der Waals surface area contributed by atoms with Gasteiger partial charge in [-0.3, -0.25) is 9.59 Å². The normalized spacial score (nSPS) is 11.8. The molecule has 0 atom stereocenters. The molecule has 1 aromatic heterocycles. The van der Waals surface area contributed by atoms with Crippen LogP contribution in [0.1, 0.15) is 28.7 Å². The number of rotatable bonds is 8. The number of carbonyl (C=O) groups is 2. The van der Waals surface area contributed by atoms with Crippen molar-refractivity contribution in [1.29, 1.82) is 0 Å². The molecule has 2 aromatic carbocycles. The second kappa shape index (κ2) is 9.38. The van der Waals surface area contributed by atoms with Gasteiger partial charge in [0, 0.05) is 12.2 Å². The maximum Gasteiger partial charge on any atom is 0.278 e. The maximum absolute atomic E-state index is 12.6. The lowest BCUT2D eigenvalue weighted by Crippen LogP contribution is -2.28. The molecule has 4 rings (SSSR count). The molecule has 2 N–H and O–H groups in total. The molecule has 2 heterocycles. The molecule has 0 saturated carbocycles. The molecule has 3 aromatic rings. The van der Waals surface area contributed by atoms with Gasteiger partial charge in [0.1, 0.15) is 12.3 Å². The highest BCUT2D eigenvalue weighted by atomic mass is 16.7. The summed E-state index contributed by atoms with van der Waals surface area (Å²) in [5.74, 6) is 1.41. The summed E-state index contributed by atoms with van der Waals surface area (Å²) in [7, 11) is 0. The zero-order valence-electron chi connectivity index (χ0n) is 17.8. The molecule has 166 valence electrons. The van der Waals surface area contributed by atoms with E-state index in [1.807, 2.05) is 19.1 Å². The van der Waals surface area contributed by atoms with Crippen LogP contribution in [0, 0.1) is 6.92 Å². The zero-order valence-corrected chi connectivity index (χ0v) is 17.8. The van der Waals surface area contributed by atoms with Gasteiger partial charge in [-0.1, -0.05) is 11.3 Å². The Labute approximate surface area is 184 Å². The van der Waals surface area contributed by atoms with Crippen LogP contribution in [0.5, 0.6) is 17.2 Å². The minimum Gasteiger partial charge on any atom is -0.494 e. The number of ether oxygens (including phenoxy) is 3. The third kappa shape index (κ3) is 4.80. The van der Waals surface area contributed by atoms with Crippen LogP contribution in [0.3, 0.4) is 0 Å². The Morgan fingerprint density at radius 1 is 1.12 bits per heavy atom.